The Bertz CT molecular complexity index is 815. The summed E-state index contributed by atoms with van der Waals surface area (Å²) in [5, 5.41) is 3.25. The molecule has 1 aliphatic carbocycles. The van der Waals surface area contributed by atoms with Gasteiger partial charge in [0, 0.05) is 19.6 Å². The number of nitrogens with two attached hydrogens (primary N) is 1. The van der Waals surface area contributed by atoms with Crippen molar-refractivity contribution in [2.24, 2.45) is 10.7 Å². The van der Waals surface area contributed by atoms with Crippen LogP contribution < -0.4 is 11.1 Å². The van der Waals surface area contributed by atoms with Crippen molar-refractivity contribution >= 4 is 45.7 Å². The van der Waals surface area contributed by atoms with Gasteiger partial charge in [0.1, 0.15) is 12.3 Å². The summed E-state index contributed by atoms with van der Waals surface area (Å²) in [7, 11) is -3.10. The van der Waals surface area contributed by atoms with E-state index < -0.39 is 20.5 Å². The lowest BCUT2D eigenvalue weighted by atomic mass is 9.87. The zero-order chi connectivity index (χ0) is 19.5. The Morgan fingerprint density at radius 3 is 2.64 bits per heavy atom. The van der Waals surface area contributed by atoms with Crippen molar-refractivity contribution in [2.75, 3.05) is 25.4 Å². The van der Waals surface area contributed by atoms with Gasteiger partial charge in [-0.15, -0.1) is 24.0 Å². The van der Waals surface area contributed by atoms with Crippen LogP contribution in [0.25, 0.3) is 0 Å². The third-order valence-corrected chi connectivity index (χ3v) is 8.03. The van der Waals surface area contributed by atoms with Crippen LogP contribution in [0, 0.1) is 0 Å². The highest BCUT2D eigenvalue weighted by molar-refractivity contribution is 14.0. The third-order valence-electron chi connectivity index (χ3n) is 5.46. The van der Waals surface area contributed by atoms with E-state index in [0.29, 0.717) is 31.4 Å². The molecule has 1 aromatic heterocycles. The maximum absolute atomic E-state index is 12.8. The molecule has 2 aliphatic rings. The fourth-order valence-corrected chi connectivity index (χ4v) is 6.15. The normalized spacial score (nSPS) is 21.2. The Hall–Kier alpha value is -1.30. The van der Waals surface area contributed by atoms with Crippen LogP contribution in [0.5, 0.6) is 0 Å². The summed E-state index contributed by atoms with van der Waals surface area (Å²) < 4.78 is 30.3. The van der Waals surface area contributed by atoms with Crippen molar-refractivity contribution in [3.8, 4) is 0 Å². The standard InChI is InChI=1S/C18H28N4O4S.HI/c1-2-20-17(21-12-14-6-7-15(26-14)16(19)23)22-10-11-27(24,25)18(13-22)8-4-3-5-9-18;/h6-7H,2-5,8-13H2,1H3,(H2,19,23)(H,20,21);1H. The molecule has 28 heavy (non-hydrogen) atoms. The number of halogens is 1. The minimum Gasteiger partial charge on any atom is -0.454 e. The Morgan fingerprint density at radius 1 is 1.32 bits per heavy atom. The lowest BCUT2D eigenvalue weighted by molar-refractivity contribution is 0.0972. The number of carbonyl (C=O) groups is 1. The van der Waals surface area contributed by atoms with Crippen molar-refractivity contribution in [2.45, 2.75) is 50.3 Å². The second-order valence-corrected chi connectivity index (χ2v) is 9.79. The van der Waals surface area contributed by atoms with Gasteiger partial charge < -0.3 is 20.4 Å². The van der Waals surface area contributed by atoms with E-state index in [-0.39, 0.29) is 42.0 Å². The summed E-state index contributed by atoms with van der Waals surface area (Å²) in [6.45, 7) is 3.82. The molecule has 1 spiro atoms. The predicted molar refractivity (Wildman–Crippen MR) is 119 cm³/mol. The average Bonchev–Trinajstić information content (AvgIpc) is 3.11. The number of nitrogens with one attached hydrogen (secondary N) is 1. The highest BCUT2D eigenvalue weighted by Crippen LogP contribution is 2.38. The third kappa shape index (κ3) is 4.81. The Balaban J connectivity index is 0.00000280. The largest absolute Gasteiger partial charge is 0.454 e. The molecule has 0 unspecified atom stereocenters. The van der Waals surface area contributed by atoms with E-state index in [9.17, 15) is 13.2 Å². The van der Waals surface area contributed by atoms with Gasteiger partial charge in [0.15, 0.2) is 21.6 Å². The molecule has 3 N–H and O–H groups in total. The molecule has 0 atom stereocenters. The molecule has 1 aromatic rings. The summed E-state index contributed by atoms with van der Waals surface area (Å²) in [6.07, 6.45) is 4.48. The van der Waals surface area contributed by atoms with Gasteiger partial charge in [0.2, 0.25) is 0 Å². The first-order valence-electron chi connectivity index (χ1n) is 9.51. The van der Waals surface area contributed by atoms with Crippen molar-refractivity contribution in [3.05, 3.63) is 23.7 Å². The van der Waals surface area contributed by atoms with E-state index in [0.717, 1.165) is 32.1 Å². The number of aliphatic imine (C=N–C) groups is 1. The van der Waals surface area contributed by atoms with E-state index in [2.05, 4.69) is 10.3 Å². The SMILES string of the molecule is CCNC(=NCc1ccc(C(N)=O)o1)N1CCS(=O)(=O)C2(CCCCC2)C1.I. The van der Waals surface area contributed by atoms with Crippen LogP contribution in [0.4, 0.5) is 0 Å². The summed E-state index contributed by atoms with van der Waals surface area (Å²) >= 11 is 0. The van der Waals surface area contributed by atoms with Gasteiger partial charge in [-0.2, -0.15) is 0 Å². The van der Waals surface area contributed by atoms with Crippen molar-refractivity contribution in [1.29, 1.82) is 0 Å². The molecule has 1 amide bonds. The summed E-state index contributed by atoms with van der Waals surface area (Å²) in [5.74, 6) is 0.864. The number of furan rings is 1. The number of hydrogen-bond acceptors (Lipinski definition) is 5. The summed E-state index contributed by atoms with van der Waals surface area (Å²) in [4.78, 5) is 17.8. The summed E-state index contributed by atoms with van der Waals surface area (Å²) in [5.41, 5.74) is 5.21. The number of carbonyl (C=O) groups excluding carboxylic acids is 1. The predicted octanol–water partition coefficient (Wildman–Crippen LogP) is 1.90. The molecule has 3 rings (SSSR count). The maximum Gasteiger partial charge on any atom is 0.284 e. The van der Waals surface area contributed by atoms with E-state index >= 15 is 0 Å². The Morgan fingerprint density at radius 2 is 2.04 bits per heavy atom. The van der Waals surface area contributed by atoms with Crippen LogP contribution in [-0.2, 0) is 16.4 Å². The molecular formula is C18H29IN4O4S. The number of nitrogens with zero attached hydrogens (tertiary/aromatic N) is 2. The van der Waals surface area contributed by atoms with Gasteiger partial charge in [-0.1, -0.05) is 19.3 Å². The van der Waals surface area contributed by atoms with E-state index in [1.165, 1.54) is 6.07 Å². The van der Waals surface area contributed by atoms with Crippen LogP contribution >= 0.6 is 24.0 Å². The molecule has 2 fully saturated rings. The molecule has 1 saturated carbocycles. The quantitative estimate of drug-likeness (QED) is 0.353. The molecule has 2 heterocycles. The molecule has 0 bridgehead atoms. The Labute approximate surface area is 183 Å². The van der Waals surface area contributed by atoms with Gasteiger partial charge >= 0.3 is 0 Å². The number of guanidine groups is 1. The maximum atomic E-state index is 12.8. The van der Waals surface area contributed by atoms with Crippen LogP contribution in [-0.4, -0.2) is 55.3 Å². The number of primary amides is 1. The van der Waals surface area contributed by atoms with E-state index in [1.54, 1.807) is 6.07 Å². The smallest absolute Gasteiger partial charge is 0.284 e. The van der Waals surface area contributed by atoms with Crippen molar-refractivity contribution in [3.63, 3.8) is 0 Å². The number of rotatable bonds is 4. The fraction of sp³-hybridized carbons (Fsp3) is 0.667. The zero-order valence-corrected chi connectivity index (χ0v) is 19.3. The number of sulfone groups is 1. The lowest BCUT2D eigenvalue weighted by Gasteiger charge is -2.45. The topological polar surface area (TPSA) is 118 Å². The average molecular weight is 524 g/mol. The second kappa shape index (κ2) is 9.47. The van der Waals surface area contributed by atoms with Gasteiger partial charge in [0.25, 0.3) is 5.91 Å². The minimum atomic E-state index is -3.10. The monoisotopic (exact) mass is 524 g/mol. The van der Waals surface area contributed by atoms with E-state index in [1.807, 2.05) is 11.8 Å². The fourth-order valence-electron chi connectivity index (χ4n) is 3.99. The summed E-state index contributed by atoms with van der Waals surface area (Å²) in [6, 6.07) is 3.21. The lowest BCUT2D eigenvalue weighted by Crippen LogP contribution is -2.60. The highest BCUT2D eigenvalue weighted by Gasteiger charge is 2.48. The molecule has 1 saturated heterocycles. The van der Waals surface area contributed by atoms with Crippen LogP contribution in [0.2, 0.25) is 0 Å². The van der Waals surface area contributed by atoms with Gasteiger partial charge in [-0.05, 0) is 31.9 Å². The van der Waals surface area contributed by atoms with Gasteiger partial charge in [0.05, 0.1) is 10.5 Å². The van der Waals surface area contributed by atoms with Crippen molar-refractivity contribution < 1.29 is 17.6 Å². The second-order valence-electron chi connectivity index (χ2n) is 7.28. The molecule has 8 nitrogen and oxygen atoms in total. The molecule has 0 aromatic carbocycles. The highest BCUT2D eigenvalue weighted by atomic mass is 127. The molecular weight excluding hydrogens is 495 g/mol. The molecule has 1 aliphatic heterocycles. The van der Waals surface area contributed by atoms with Crippen LogP contribution in [0.3, 0.4) is 0 Å². The van der Waals surface area contributed by atoms with Crippen molar-refractivity contribution in [1.82, 2.24) is 10.2 Å². The first-order chi connectivity index (χ1) is 12.9. The van der Waals surface area contributed by atoms with Gasteiger partial charge in [-0.25, -0.2) is 13.4 Å². The number of hydrogen-bond donors (Lipinski definition) is 2. The van der Waals surface area contributed by atoms with Gasteiger partial charge in [-0.3, -0.25) is 4.79 Å². The molecule has 0 radical (unpaired) electrons. The molecule has 10 heteroatoms. The van der Waals surface area contributed by atoms with Crippen LogP contribution in [0.15, 0.2) is 21.5 Å². The van der Waals surface area contributed by atoms with Crippen LogP contribution in [0.1, 0.15) is 55.3 Å². The zero-order valence-electron chi connectivity index (χ0n) is 16.1. The molecule has 158 valence electrons. The first-order valence-corrected chi connectivity index (χ1v) is 11.2. The van der Waals surface area contributed by atoms with E-state index in [4.69, 9.17) is 10.2 Å². The first kappa shape index (κ1) is 23.0. The minimum absolute atomic E-state index is 0. The Kier molecular flexibility index (Phi) is 7.77. The number of amides is 1.